The Labute approximate surface area is 88.2 Å². The van der Waals surface area contributed by atoms with Crippen molar-refractivity contribution < 1.29 is 13.2 Å². The van der Waals surface area contributed by atoms with Gasteiger partial charge in [0.1, 0.15) is 0 Å². The topological polar surface area (TPSA) is 26.0 Å². The molecule has 2 saturated carbocycles. The Morgan fingerprint density at radius 2 is 1.27 bits per heavy atom. The number of rotatable bonds is 2. The van der Waals surface area contributed by atoms with Gasteiger partial charge in [-0.2, -0.15) is 13.2 Å². The molecular weight excluding hydrogens is 203 g/mol. The van der Waals surface area contributed by atoms with Crippen LogP contribution < -0.4 is 5.73 Å². The Bertz CT molecular complexity index is 214. The Morgan fingerprint density at radius 1 is 0.867 bits per heavy atom. The minimum Gasteiger partial charge on any atom is -0.327 e. The second-order valence-electron chi connectivity index (χ2n) is 5.07. The molecule has 0 bridgehead atoms. The monoisotopic (exact) mass is 221 g/mol. The van der Waals surface area contributed by atoms with Crippen molar-refractivity contribution in [1.29, 1.82) is 0 Å². The fourth-order valence-electron chi connectivity index (χ4n) is 2.70. The van der Waals surface area contributed by atoms with E-state index in [0.717, 1.165) is 0 Å². The van der Waals surface area contributed by atoms with E-state index in [2.05, 4.69) is 0 Å². The summed E-state index contributed by atoms with van der Waals surface area (Å²) >= 11 is 0. The van der Waals surface area contributed by atoms with Crippen molar-refractivity contribution in [2.24, 2.45) is 23.5 Å². The summed E-state index contributed by atoms with van der Waals surface area (Å²) in [5, 5.41) is 0. The maximum Gasteiger partial charge on any atom is 0.391 e. The Morgan fingerprint density at radius 3 is 1.60 bits per heavy atom. The first kappa shape index (κ1) is 11.2. The second kappa shape index (κ2) is 3.96. The molecule has 0 saturated heterocycles. The highest BCUT2D eigenvalue weighted by Gasteiger charge is 2.43. The van der Waals surface area contributed by atoms with Gasteiger partial charge in [0.05, 0.1) is 5.92 Å². The van der Waals surface area contributed by atoms with E-state index in [9.17, 15) is 13.2 Å². The van der Waals surface area contributed by atoms with Crippen LogP contribution in [0.25, 0.3) is 0 Å². The molecule has 15 heavy (non-hydrogen) atoms. The van der Waals surface area contributed by atoms with E-state index >= 15 is 0 Å². The van der Waals surface area contributed by atoms with Crippen molar-refractivity contribution in [3.8, 4) is 0 Å². The normalized spacial score (nSPS) is 35.2. The van der Waals surface area contributed by atoms with Crippen LogP contribution in [0.5, 0.6) is 0 Å². The SMILES string of the molecule is NC(C1CC1)C1CCC(C(F)(F)F)CC1. The summed E-state index contributed by atoms with van der Waals surface area (Å²) in [6, 6.07) is 0.166. The highest BCUT2D eigenvalue weighted by molar-refractivity contribution is 4.91. The van der Waals surface area contributed by atoms with Gasteiger partial charge in [-0.1, -0.05) is 0 Å². The summed E-state index contributed by atoms with van der Waals surface area (Å²) in [5.74, 6) is -0.117. The minimum absolute atomic E-state index is 0.166. The Hall–Kier alpha value is -0.250. The third kappa shape index (κ3) is 2.65. The fraction of sp³-hybridized carbons (Fsp3) is 1.00. The van der Waals surface area contributed by atoms with Crippen molar-refractivity contribution in [2.45, 2.75) is 50.7 Å². The van der Waals surface area contributed by atoms with Gasteiger partial charge in [0.25, 0.3) is 0 Å². The lowest BCUT2D eigenvalue weighted by Gasteiger charge is -2.33. The third-order valence-corrected chi connectivity index (χ3v) is 3.95. The first-order valence-electron chi connectivity index (χ1n) is 5.81. The van der Waals surface area contributed by atoms with Crippen LogP contribution in [0.1, 0.15) is 38.5 Å². The van der Waals surface area contributed by atoms with Crippen LogP contribution in [0.4, 0.5) is 13.2 Å². The molecule has 2 rings (SSSR count). The van der Waals surface area contributed by atoms with Gasteiger partial charge in [-0.3, -0.25) is 0 Å². The molecule has 0 heterocycles. The lowest BCUT2D eigenvalue weighted by Crippen LogP contribution is -2.37. The highest BCUT2D eigenvalue weighted by atomic mass is 19.4. The molecule has 2 aliphatic carbocycles. The standard InChI is InChI=1S/C11H18F3N/c12-11(13,14)9-5-3-8(4-6-9)10(15)7-1-2-7/h7-10H,1-6,15H2. The summed E-state index contributed by atoms with van der Waals surface area (Å²) in [7, 11) is 0. The van der Waals surface area contributed by atoms with Gasteiger partial charge in [0, 0.05) is 6.04 Å². The molecule has 1 unspecified atom stereocenters. The van der Waals surface area contributed by atoms with E-state index in [1.54, 1.807) is 0 Å². The van der Waals surface area contributed by atoms with E-state index in [4.69, 9.17) is 5.73 Å². The molecule has 4 heteroatoms. The molecule has 1 atom stereocenters. The van der Waals surface area contributed by atoms with E-state index in [1.807, 2.05) is 0 Å². The predicted molar refractivity (Wildman–Crippen MR) is 52.2 cm³/mol. The van der Waals surface area contributed by atoms with Crippen molar-refractivity contribution in [3.63, 3.8) is 0 Å². The van der Waals surface area contributed by atoms with Gasteiger partial charge in [-0.25, -0.2) is 0 Å². The van der Waals surface area contributed by atoms with Crippen LogP contribution in [0.3, 0.4) is 0 Å². The maximum absolute atomic E-state index is 12.4. The number of hydrogen-bond acceptors (Lipinski definition) is 1. The molecule has 2 fully saturated rings. The molecular formula is C11H18F3N. The Kier molecular flexibility index (Phi) is 2.97. The molecule has 88 valence electrons. The number of halogens is 3. The fourth-order valence-corrected chi connectivity index (χ4v) is 2.70. The van der Waals surface area contributed by atoms with Gasteiger partial charge >= 0.3 is 6.18 Å². The zero-order chi connectivity index (χ0) is 11.1. The lowest BCUT2D eigenvalue weighted by atomic mass is 9.77. The van der Waals surface area contributed by atoms with Crippen LogP contribution >= 0.6 is 0 Å². The van der Waals surface area contributed by atoms with Crippen LogP contribution in [0.2, 0.25) is 0 Å². The van der Waals surface area contributed by atoms with E-state index in [-0.39, 0.29) is 18.9 Å². The summed E-state index contributed by atoms with van der Waals surface area (Å²) in [6.07, 6.45) is 0.280. The molecule has 0 aromatic carbocycles. The maximum atomic E-state index is 12.4. The molecule has 1 nitrogen and oxygen atoms in total. The van der Waals surface area contributed by atoms with Crippen LogP contribution in [0, 0.1) is 17.8 Å². The molecule has 0 amide bonds. The zero-order valence-electron chi connectivity index (χ0n) is 8.76. The van der Waals surface area contributed by atoms with Crippen LogP contribution in [-0.4, -0.2) is 12.2 Å². The number of nitrogens with two attached hydrogens (primary N) is 1. The zero-order valence-corrected chi connectivity index (χ0v) is 8.76. The lowest BCUT2D eigenvalue weighted by molar-refractivity contribution is -0.184. The van der Waals surface area contributed by atoms with E-state index < -0.39 is 12.1 Å². The first-order chi connectivity index (χ1) is 6.98. The summed E-state index contributed by atoms with van der Waals surface area (Å²) in [5.41, 5.74) is 6.03. The molecule has 0 radical (unpaired) electrons. The smallest absolute Gasteiger partial charge is 0.327 e. The van der Waals surface area contributed by atoms with Crippen LogP contribution in [0.15, 0.2) is 0 Å². The molecule has 0 aromatic rings. The van der Waals surface area contributed by atoms with Gasteiger partial charge in [0.2, 0.25) is 0 Å². The Balaban J connectivity index is 1.81. The van der Waals surface area contributed by atoms with Crippen molar-refractivity contribution in [1.82, 2.24) is 0 Å². The van der Waals surface area contributed by atoms with Crippen molar-refractivity contribution in [2.75, 3.05) is 0 Å². The van der Waals surface area contributed by atoms with Gasteiger partial charge in [-0.15, -0.1) is 0 Å². The first-order valence-corrected chi connectivity index (χ1v) is 5.81. The minimum atomic E-state index is -3.99. The number of alkyl halides is 3. The second-order valence-corrected chi connectivity index (χ2v) is 5.07. The summed E-state index contributed by atoms with van der Waals surface area (Å²) < 4.78 is 37.2. The average Bonchev–Trinajstić information content (AvgIpc) is 2.99. The molecule has 0 aliphatic heterocycles. The highest BCUT2D eigenvalue weighted by Crippen LogP contribution is 2.44. The van der Waals surface area contributed by atoms with Crippen molar-refractivity contribution >= 4 is 0 Å². The quantitative estimate of drug-likeness (QED) is 0.761. The van der Waals surface area contributed by atoms with E-state index in [1.165, 1.54) is 12.8 Å². The molecule has 2 N–H and O–H groups in total. The number of hydrogen-bond donors (Lipinski definition) is 1. The largest absolute Gasteiger partial charge is 0.391 e. The summed E-state index contributed by atoms with van der Waals surface area (Å²) in [6.45, 7) is 0. The summed E-state index contributed by atoms with van der Waals surface area (Å²) in [4.78, 5) is 0. The third-order valence-electron chi connectivity index (χ3n) is 3.95. The predicted octanol–water partition coefficient (Wildman–Crippen LogP) is 3.09. The molecule has 2 aliphatic rings. The van der Waals surface area contributed by atoms with Crippen molar-refractivity contribution in [3.05, 3.63) is 0 Å². The molecule has 0 aromatic heterocycles. The van der Waals surface area contributed by atoms with Gasteiger partial charge in [0.15, 0.2) is 0 Å². The van der Waals surface area contributed by atoms with E-state index in [0.29, 0.717) is 24.7 Å². The van der Waals surface area contributed by atoms with Gasteiger partial charge < -0.3 is 5.73 Å². The van der Waals surface area contributed by atoms with Crippen LogP contribution in [-0.2, 0) is 0 Å². The molecule has 0 spiro atoms. The average molecular weight is 221 g/mol. The van der Waals surface area contributed by atoms with Gasteiger partial charge in [-0.05, 0) is 50.4 Å².